The van der Waals surface area contributed by atoms with Crippen LogP contribution >= 0.6 is 0 Å². The minimum Gasteiger partial charge on any atom is -0.493 e. The van der Waals surface area contributed by atoms with Crippen molar-refractivity contribution in [3.8, 4) is 5.75 Å². The van der Waals surface area contributed by atoms with Crippen molar-refractivity contribution in [1.82, 2.24) is 15.2 Å². The second-order valence-corrected chi connectivity index (χ2v) is 5.85. The molecule has 25 heavy (non-hydrogen) atoms. The lowest BCUT2D eigenvalue weighted by Gasteiger charge is -2.12. The van der Waals surface area contributed by atoms with Crippen molar-refractivity contribution in [1.29, 1.82) is 0 Å². The lowest BCUT2D eigenvalue weighted by Crippen LogP contribution is -2.14. The Morgan fingerprint density at radius 3 is 2.96 bits per heavy atom. The number of H-pyrrole nitrogens is 1. The first-order chi connectivity index (χ1) is 12.3. The van der Waals surface area contributed by atoms with Crippen LogP contribution in [0.2, 0.25) is 0 Å². The van der Waals surface area contributed by atoms with Crippen LogP contribution in [0.4, 0.5) is 5.69 Å². The Hall–Kier alpha value is -2.89. The van der Waals surface area contributed by atoms with E-state index in [1.54, 1.807) is 24.5 Å². The number of benzene rings is 1. The Bertz CT molecular complexity index is 844. The number of hydrogen-bond donors (Lipinski definition) is 2. The van der Waals surface area contributed by atoms with Crippen molar-refractivity contribution >= 4 is 22.6 Å². The van der Waals surface area contributed by atoms with Gasteiger partial charge >= 0.3 is 0 Å². The quantitative estimate of drug-likeness (QED) is 0.604. The van der Waals surface area contributed by atoms with Crippen LogP contribution in [-0.4, -0.2) is 27.7 Å². The van der Waals surface area contributed by atoms with Crippen LogP contribution in [0.1, 0.15) is 43.0 Å². The van der Waals surface area contributed by atoms with Gasteiger partial charge in [0.1, 0.15) is 5.75 Å². The van der Waals surface area contributed by atoms with E-state index in [4.69, 9.17) is 4.74 Å². The van der Waals surface area contributed by atoms with E-state index in [0.29, 0.717) is 29.3 Å². The average Bonchev–Trinajstić information content (AvgIpc) is 3.12. The third-order valence-electron chi connectivity index (χ3n) is 3.99. The molecule has 6 nitrogen and oxygen atoms in total. The van der Waals surface area contributed by atoms with Gasteiger partial charge in [-0.25, -0.2) is 4.98 Å². The summed E-state index contributed by atoms with van der Waals surface area (Å²) < 4.78 is 5.82. The van der Waals surface area contributed by atoms with Gasteiger partial charge in [0.25, 0.3) is 5.91 Å². The minimum absolute atomic E-state index is 0.210. The summed E-state index contributed by atoms with van der Waals surface area (Å²) in [6, 6.07) is 9.06. The molecule has 0 saturated carbocycles. The number of carbonyl (C=O) groups excluding carboxylic acids is 1. The normalized spacial score (nSPS) is 10.8. The van der Waals surface area contributed by atoms with Gasteiger partial charge < -0.3 is 10.1 Å². The number of nitrogens with one attached hydrogen (secondary N) is 2. The van der Waals surface area contributed by atoms with Crippen LogP contribution in [0.15, 0.2) is 42.7 Å². The molecule has 0 radical (unpaired) electrons. The number of ether oxygens (including phenoxy) is 1. The van der Waals surface area contributed by atoms with Gasteiger partial charge in [-0.05, 0) is 24.6 Å². The van der Waals surface area contributed by atoms with Crippen molar-refractivity contribution in [3.63, 3.8) is 0 Å². The maximum atomic E-state index is 12.7. The number of anilines is 1. The van der Waals surface area contributed by atoms with Crippen molar-refractivity contribution in [2.75, 3.05) is 11.9 Å². The molecule has 0 saturated heterocycles. The number of aromatic amines is 1. The molecule has 6 heteroatoms. The van der Waals surface area contributed by atoms with Gasteiger partial charge in [0.05, 0.1) is 29.4 Å². The predicted octanol–water partition coefficient (Wildman–Crippen LogP) is 4.17. The predicted molar refractivity (Wildman–Crippen MR) is 97.9 cm³/mol. The van der Waals surface area contributed by atoms with Gasteiger partial charge in [0.15, 0.2) is 5.65 Å². The Kier molecular flexibility index (Phi) is 5.61. The maximum Gasteiger partial charge on any atom is 0.259 e. The molecule has 0 aliphatic carbocycles. The third-order valence-corrected chi connectivity index (χ3v) is 3.99. The monoisotopic (exact) mass is 338 g/mol. The number of amides is 1. The summed E-state index contributed by atoms with van der Waals surface area (Å²) in [4.78, 5) is 16.9. The number of nitrogens with zero attached hydrogens (tertiary/aromatic N) is 2. The van der Waals surface area contributed by atoms with E-state index in [1.807, 2.05) is 18.2 Å². The van der Waals surface area contributed by atoms with Gasteiger partial charge in [0, 0.05) is 6.20 Å². The molecule has 0 aliphatic heterocycles. The van der Waals surface area contributed by atoms with Crippen LogP contribution in [0, 0.1) is 0 Å². The number of pyridine rings is 1. The minimum atomic E-state index is -0.210. The van der Waals surface area contributed by atoms with Crippen LogP contribution in [0.5, 0.6) is 5.75 Å². The van der Waals surface area contributed by atoms with Crippen molar-refractivity contribution < 1.29 is 9.53 Å². The summed E-state index contributed by atoms with van der Waals surface area (Å²) in [7, 11) is 0. The number of para-hydroxylation sites is 1. The number of rotatable bonds is 8. The van der Waals surface area contributed by atoms with E-state index in [9.17, 15) is 4.79 Å². The number of unbranched alkanes of at least 4 members (excludes halogenated alkanes) is 3. The largest absolute Gasteiger partial charge is 0.493 e. The highest BCUT2D eigenvalue weighted by molar-refractivity contribution is 6.09. The molecule has 0 fully saturated rings. The van der Waals surface area contributed by atoms with Crippen LogP contribution in [0.3, 0.4) is 0 Å². The first-order valence-corrected chi connectivity index (χ1v) is 8.61. The summed E-state index contributed by atoms with van der Waals surface area (Å²) >= 11 is 0. The molecule has 1 aromatic carbocycles. The number of aromatic nitrogens is 3. The SMILES string of the molecule is CCCCCCOc1ccccc1C(=O)Nc1ccnc2[nH]ncc12. The van der Waals surface area contributed by atoms with E-state index < -0.39 is 0 Å². The highest BCUT2D eigenvalue weighted by Crippen LogP contribution is 2.23. The fourth-order valence-electron chi connectivity index (χ4n) is 2.64. The molecule has 0 atom stereocenters. The highest BCUT2D eigenvalue weighted by Gasteiger charge is 2.14. The van der Waals surface area contributed by atoms with Crippen LogP contribution < -0.4 is 10.1 Å². The molecule has 2 N–H and O–H groups in total. The topological polar surface area (TPSA) is 79.9 Å². The van der Waals surface area contributed by atoms with Gasteiger partial charge in [-0.3, -0.25) is 9.89 Å². The van der Waals surface area contributed by atoms with E-state index in [0.717, 1.165) is 18.2 Å². The Morgan fingerprint density at radius 2 is 2.08 bits per heavy atom. The number of fused-ring (bicyclic) bond motifs is 1. The summed E-state index contributed by atoms with van der Waals surface area (Å²) in [6.45, 7) is 2.79. The van der Waals surface area contributed by atoms with Gasteiger partial charge in [-0.2, -0.15) is 5.10 Å². The number of hydrogen-bond acceptors (Lipinski definition) is 4. The molecule has 2 heterocycles. The van der Waals surface area contributed by atoms with E-state index in [1.165, 1.54) is 12.8 Å². The highest BCUT2D eigenvalue weighted by atomic mass is 16.5. The zero-order valence-electron chi connectivity index (χ0n) is 14.3. The van der Waals surface area contributed by atoms with E-state index in [-0.39, 0.29) is 5.91 Å². The summed E-state index contributed by atoms with van der Waals surface area (Å²) in [6.07, 6.45) is 7.80. The molecule has 3 rings (SSSR count). The number of carbonyl (C=O) groups is 1. The standard InChI is InChI=1S/C19H22N4O2/c1-2-3-4-7-12-25-17-9-6-5-8-14(17)19(24)22-16-10-11-20-18-15(16)13-21-23-18/h5-6,8-11,13H,2-4,7,12H2,1H3,(H2,20,21,22,23,24). The van der Waals surface area contributed by atoms with Crippen LogP contribution in [-0.2, 0) is 0 Å². The van der Waals surface area contributed by atoms with Crippen molar-refractivity contribution in [2.24, 2.45) is 0 Å². The van der Waals surface area contributed by atoms with Gasteiger partial charge in [0.2, 0.25) is 0 Å². The molecule has 130 valence electrons. The first kappa shape index (κ1) is 17.0. The Labute approximate surface area is 146 Å². The molecule has 0 aliphatic rings. The molecule has 3 aromatic rings. The average molecular weight is 338 g/mol. The Morgan fingerprint density at radius 1 is 1.20 bits per heavy atom. The molecule has 2 aromatic heterocycles. The fourth-order valence-corrected chi connectivity index (χ4v) is 2.64. The second-order valence-electron chi connectivity index (χ2n) is 5.85. The maximum absolute atomic E-state index is 12.7. The van der Waals surface area contributed by atoms with Gasteiger partial charge in [-0.1, -0.05) is 38.3 Å². The molecular weight excluding hydrogens is 316 g/mol. The molecule has 0 bridgehead atoms. The summed E-state index contributed by atoms with van der Waals surface area (Å²) in [5.74, 6) is 0.395. The smallest absolute Gasteiger partial charge is 0.259 e. The lowest BCUT2D eigenvalue weighted by molar-refractivity contribution is 0.102. The first-order valence-electron chi connectivity index (χ1n) is 8.61. The lowest BCUT2D eigenvalue weighted by atomic mass is 10.1. The fraction of sp³-hybridized carbons (Fsp3) is 0.316. The Balaban J connectivity index is 1.70. The molecular formula is C19H22N4O2. The molecule has 1 amide bonds. The summed E-state index contributed by atoms with van der Waals surface area (Å²) in [5, 5.41) is 10.4. The zero-order chi connectivity index (χ0) is 17.5. The molecule has 0 unspecified atom stereocenters. The van der Waals surface area contributed by atoms with E-state index >= 15 is 0 Å². The zero-order valence-corrected chi connectivity index (χ0v) is 14.3. The van der Waals surface area contributed by atoms with Crippen LogP contribution in [0.25, 0.3) is 11.0 Å². The summed E-state index contributed by atoms with van der Waals surface area (Å²) in [5.41, 5.74) is 1.83. The second kappa shape index (κ2) is 8.28. The third kappa shape index (κ3) is 4.15. The molecule has 0 spiro atoms. The van der Waals surface area contributed by atoms with Crippen molar-refractivity contribution in [2.45, 2.75) is 32.6 Å². The van der Waals surface area contributed by atoms with Gasteiger partial charge in [-0.15, -0.1) is 0 Å². The van der Waals surface area contributed by atoms with E-state index in [2.05, 4.69) is 27.4 Å². The van der Waals surface area contributed by atoms with Crippen molar-refractivity contribution in [3.05, 3.63) is 48.3 Å².